The monoisotopic (exact) mass is 474 g/mol. The van der Waals surface area contributed by atoms with Gasteiger partial charge >= 0.3 is 5.97 Å². The number of hydrogen-bond acceptors (Lipinski definition) is 8. The largest absolute Gasteiger partial charge is 0.497 e. The van der Waals surface area contributed by atoms with Gasteiger partial charge in [0.2, 0.25) is 0 Å². The highest BCUT2D eigenvalue weighted by Gasteiger charge is 2.33. The maximum atomic E-state index is 12.8. The highest BCUT2D eigenvalue weighted by Crippen LogP contribution is 2.34. The van der Waals surface area contributed by atoms with Gasteiger partial charge in [-0.05, 0) is 60.3 Å². The van der Waals surface area contributed by atoms with Crippen molar-refractivity contribution in [2.45, 2.75) is 0 Å². The quantitative estimate of drug-likeness (QED) is 0.440. The molecule has 0 saturated carbocycles. The van der Waals surface area contributed by atoms with Gasteiger partial charge in [0.1, 0.15) is 5.75 Å². The summed E-state index contributed by atoms with van der Waals surface area (Å²) in [5, 5.41) is 9.77. The molecule has 0 atom stereocenters. The van der Waals surface area contributed by atoms with E-state index in [4.69, 9.17) is 31.5 Å². The van der Waals surface area contributed by atoms with Gasteiger partial charge in [-0.15, -0.1) is 0 Å². The summed E-state index contributed by atoms with van der Waals surface area (Å²) >= 11 is 6.28. The first kappa shape index (κ1) is 23.1. The minimum atomic E-state index is -1.11. The van der Waals surface area contributed by atoms with Crippen LogP contribution in [0.1, 0.15) is 15.9 Å². The van der Waals surface area contributed by atoms with E-state index in [1.54, 1.807) is 48.5 Å². The molecule has 2 aromatic carbocycles. The lowest BCUT2D eigenvalue weighted by molar-refractivity contribution is -0.139. The Kier molecular flexibility index (Phi) is 7.33. The zero-order valence-corrected chi connectivity index (χ0v) is 18.6. The highest BCUT2D eigenvalue weighted by molar-refractivity contribution is 8.26. The van der Waals surface area contributed by atoms with Crippen molar-refractivity contribution in [1.29, 1.82) is 0 Å². The number of carbonyl (C=O) groups excluding carboxylic acids is 2. The van der Waals surface area contributed by atoms with Gasteiger partial charge in [0.05, 0.1) is 19.1 Å². The van der Waals surface area contributed by atoms with E-state index in [1.165, 1.54) is 14.2 Å². The third kappa shape index (κ3) is 5.37. The molecular formula is C21H18N2O7S2. The maximum Gasteiger partial charge on any atom is 0.341 e. The van der Waals surface area contributed by atoms with Gasteiger partial charge in [0.25, 0.3) is 11.8 Å². The van der Waals surface area contributed by atoms with Gasteiger partial charge in [-0.25, -0.2) is 4.79 Å². The predicted molar refractivity (Wildman–Crippen MR) is 122 cm³/mol. The van der Waals surface area contributed by atoms with Gasteiger partial charge < -0.3 is 19.3 Å². The van der Waals surface area contributed by atoms with Crippen molar-refractivity contribution in [3.8, 4) is 17.2 Å². The van der Waals surface area contributed by atoms with Crippen LogP contribution >= 0.6 is 24.0 Å². The first-order chi connectivity index (χ1) is 15.3. The molecule has 0 unspecified atom stereocenters. The fraction of sp³-hybridized carbons (Fsp3) is 0.143. The van der Waals surface area contributed by atoms with E-state index in [0.717, 1.165) is 16.8 Å². The van der Waals surface area contributed by atoms with Gasteiger partial charge in [0, 0.05) is 5.56 Å². The normalized spacial score (nSPS) is 14.4. The number of ether oxygens (including phenoxy) is 3. The molecule has 2 N–H and O–H groups in total. The zero-order valence-electron chi connectivity index (χ0n) is 17.0. The number of hydrazine groups is 1. The first-order valence-electron chi connectivity index (χ1n) is 9.08. The molecule has 1 aliphatic heterocycles. The topological polar surface area (TPSA) is 114 Å². The standard InChI is InChI=1S/C21H18N2O7S2/c1-28-14-6-4-13(5-7-14)19(26)22-23-20(27)17(32-21(23)31)10-12-3-8-15(16(9-12)29-2)30-11-18(24)25/h3-10H,11H2,1-2H3,(H,22,26)(H,24,25)/b17-10+. The second kappa shape index (κ2) is 10.2. The molecular weight excluding hydrogens is 456 g/mol. The number of rotatable bonds is 8. The summed E-state index contributed by atoms with van der Waals surface area (Å²) < 4.78 is 15.6. The Balaban J connectivity index is 1.74. The van der Waals surface area contributed by atoms with Crippen molar-refractivity contribution in [3.05, 3.63) is 58.5 Å². The fourth-order valence-corrected chi connectivity index (χ4v) is 3.84. The van der Waals surface area contributed by atoms with E-state index in [0.29, 0.717) is 27.5 Å². The molecule has 1 saturated heterocycles. The number of nitrogens with zero attached hydrogens (tertiary/aromatic N) is 1. The average Bonchev–Trinajstić information content (AvgIpc) is 3.05. The molecule has 2 aromatic rings. The lowest BCUT2D eigenvalue weighted by Gasteiger charge is -2.15. The van der Waals surface area contributed by atoms with Crippen LogP contribution in [0.2, 0.25) is 0 Å². The number of benzene rings is 2. The number of amides is 2. The summed E-state index contributed by atoms with van der Waals surface area (Å²) in [6, 6.07) is 11.2. The van der Waals surface area contributed by atoms with E-state index < -0.39 is 24.4 Å². The number of methoxy groups -OCH3 is 2. The molecule has 0 bridgehead atoms. The van der Waals surface area contributed by atoms with Crippen LogP contribution in [-0.4, -0.2) is 53.0 Å². The van der Waals surface area contributed by atoms with Crippen molar-refractivity contribution < 1.29 is 33.7 Å². The Bertz CT molecular complexity index is 1100. The van der Waals surface area contributed by atoms with Crippen molar-refractivity contribution in [2.24, 2.45) is 0 Å². The smallest absolute Gasteiger partial charge is 0.341 e. The van der Waals surface area contributed by atoms with E-state index in [-0.39, 0.29) is 10.1 Å². The van der Waals surface area contributed by atoms with Gasteiger partial charge in [-0.3, -0.25) is 15.0 Å². The summed E-state index contributed by atoms with van der Waals surface area (Å²) in [5.41, 5.74) is 3.45. The van der Waals surface area contributed by atoms with Crippen LogP contribution in [-0.2, 0) is 9.59 Å². The molecule has 1 heterocycles. The molecule has 1 aliphatic rings. The Hall–Kier alpha value is -3.57. The first-order valence-corrected chi connectivity index (χ1v) is 10.3. The van der Waals surface area contributed by atoms with Crippen LogP contribution in [0.4, 0.5) is 0 Å². The zero-order chi connectivity index (χ0) is 23.3. The molecule has 1 fully saturated rings. The number of carboxylic acid groups (broad SMARTS) is 1. The number of aliphatic carboxylic acids is 1. The molecule has 0 radical (unpaired) electrons. The van der Waals surface area contributed by atoms with Crippen LogP contribution in [0.25, 0.3) is 6.08 Å². The highest BCUT2D eigenvalue weighted by atomic mass is 32.2. The Labute approximate surface area is 192 Å². The Morgan fingerprint density at radius 2 is 1.84 bits per heavy atom. The van der Waals surface area contributed by atoms with E-state index >= 15 is 0 Å². The van der Waals surface area contributed by atoms with Crippen molar-refractivity contribution >= 4 is 52.2 Å². The fourth-order valence-electron chi connectivity index (χ4n) is 2.66. The summed E-state index contributed by atoms with van der Waals surface area (Å²) in [6.07, 6.45) is 1.59. The molecule has 0 spiro atoms. The predicted octanol–water partition coefficient (Wildman–Crippen LogP) is 2.71. The lowest BCUT2D eigenvalue weighted by atomic mass is 10.2. The third-order valence-corrected chi connectivity index (χ3v) is 5.50. The molecule has 32 heavy (non-hydrogen) atoms. The SMILES string of the molecule is COc1ccc(C(=O)NN2C(=O)/C(=C\c3ccc(OCC(=O)O)c(OC)c3)SC2=S)cc1. The van der Waals surface area contributed by atoms with Gasteiger partial charge in [0.15, 0.2) is 22.4 Å². The molecule has 2 amide bonds. The van der Waals surface area contributed by atoms with Crippen LogP contribution in [0, 0.1) is 0 Å². The number of carboxylic acids is 1. The second-order valence-corrected chi connectivity index (χ2v) is 7.96. The molecule has 9 nitrogen and oxygen atoms in total. The van der Waals surface area contributed by atoms with E-state index in [9.17, 15) is 14.4 Å². The van der Waals surface area contributed by atoms with Crippen LogP contribution in [0.15, 0.2) is 47.4 Å². The van der Waals surface area contributed by atoms with E-state index in [2.05, 4.69) is 5.43 Å². The lowest BCUT2D eigenvalue weighted by Crippen LogP contribution is -2.44. The minimum absolute atomic E-state index is 0.177. The summed E-state index contributed by atoms with van der Waals surface area (Å²) in [7, 11) is 2.94. The molecule has 0 aliphatic carbocycles. The third-order valence-electron chi connectivity index (χ3n) is 4.20. The minimum Gasteiger partial charge on any atom is -0.497 e. The number of thioether (sulfide) groups is 1. The van der Waals surface area contributed by atoms with Crippen molar-refractivity contribution in [2.75, 3.05) is 20.8 Å². The number of carbonyl (C=O) groups is 3. The summed E-state index contributed by atoms with van der Waals surface area (Å²) in [5.74, 6) is -0.921. The van der Waals surface area contributed by atoms with Crippen LogP contribution in [0.3, 0.4) is 0 Å². The van der Waals surface area contributed by atoms with Crippen molar-refractivity contribution in [1.82, 2.24) is 10.4 Å². The van der Waals surface area contributed by atoms with Crippen LogP contribution in [0.5, 0.6) is 17.2 Å². The molecule has 0 aromatic heterocycles. The van der Waals surface area contributed by atoms with Crippen LogP contribution < -0.4 is 19.6 Å². The maximum absolute atomic E-state index is 12.8. The molecule has 166 valence electrons. The average molecular weight is 475 g/mol. The van der Waals surface area contributed by atoms with Crippen molar-refractivity contribution in [3.63, 3.8) is 0 Å². The number of nitrogens with one attached hydrogen (secondary N) is 1. The van der Waals surface area contributed by atoms with E-state index in [1.807, 2.05) is 0 Å². The number of thiocarbonyl (C=S) groups is 1. The number of hydrogen-bond donors (Lipinski definition) is 2. The summed E-state index contributed by atoms with van der Waals surface area (Å²) in [4.78, 5) is 36.3. The molecule has 3 rings (SSSR count). The Morgan fingerprint density at radius 1 is 1.12 bits per heavy atom. The second-order valence-electron chi connectivity index (χ2n) is 6.28. The Morgan fingerprint density at radius 3 is 2.47 bits per heavy atom. The summed E-state index contributed by atoms with van der Waals surface area (Å²) in [6.45, 7) is -0.512. The van der Waals surface area contributed by atoms with Gasteiger partial charge in [-0.1, -0.05) is 17.8 Å². The van der Waals surface area contributed by atoms with Gasteiger partial charge in [-0.2, -0.15) is 5.01 Å². The molecule has 11 heteroatoms.